The van der Waals surface area contributed by atoms with Gasteiger partial charge in [0, 0.05) is 0 Å². The van der Waals surface area contributed by atoms with Crippen molar-refractivity contribution in [2.45, 2.75) is 37.5 Å². The van der Waals surface area contributed by atoms with Crippen LogP contribution in [0.15, 0.2) is 75.6 Å². The number of halogens is 4. The van der Waals surface area contributed by atoms with Crippen molar-refractivity contribution in [3.8, 4) is 11.5 Å². The van der Waals surface area contributed by atoms with Gasteiger partial charge in [-0.1, -0.05) is 0 Å². The second-order valence-corrected chi connectivity index (χ2v) is 11.9. The fourth-order valence-electron chi connectivity index (χ4n) is 2.10. The minimum absolute atomic E-state index is 0.123. The van der Waals surface area contributed by atoms with E-state index in [-0.39, 0.29) is 9.79 Å². The van der Waals surface area contributed by atoms with Gasteiger partial charge in [0.25, 0.3) is 0 Å². The average Bonchev–Trinajstić information content (AvgIpc) is 2.59. The lowest BCUT2D eigenvalue weighted by Gasteiger charge is -2.13. The third-order valence-electron chi connectivity index (χ3n) is 3.39. The van der Waals surface area contributed by atoms with Crippen molar-refractivity contribution < 1.29 is 17.9 Å². The van der Waals surface area contributed by atoms with Crippen molar-refractivity contribution in [3.05, 3.63) is 65.8 Å². The van der Waals surface area contributed by atoms with Gasteiger partial charge in [0.1, 0.15) is 0 Å². The number of rotatable bonds is 6. The van der Waals surface area contributed by atoms with E-state index in [1.165, 1.54) is 24.3 Å². The number of sulfone groups is 1. The second-order valence-electron chi connectivity index (χ2n) is 6.56. The van der Waals surface area contributed by atoms with Crippen LogP contribution in [0.2, 0.25) is 0 Å². The summed E-state index contributed by atoms with van der Waals surface area (Å²) in [6, 6.07) is 6.07. The topological polar surface area (TPSA) is 52.6 Å². The highest BCUT2D eigenvalue weighted by atomic mass is 79.9. The van der Waals surface area contributed by atoms with Gasteiger partial charge in [0.05, 0.1) is 40.2 Å². The quantitative estimate of drug-likeness (QED) is 0.291. The summed E-state index contributed by atoms with van der Waals surface area (Å²) in [5.74, 6) is 0.996. The van der Waals surface area contributed by atoms with Crippen LogP contribution in [0.5, 0.6) is 11.5 Å². The van der Waals surface area contributed by atoms with Crippen molar-refractivity contribution in [2.75, 3.05) is 0 Å². The first-order valence-electron chi connectivity index (χ1n) is 8.26. The minimum atomic E-state index is -3.79. The third kappa shape index (κ3) is 6.19. The number of hydrogen-bond donors (Lipinski definition) is 0. The van der Waals surface area contributed by atoms with E-state index in [9.17, 15) is 8.42 Å². The number of benzene rings is 2. The van der Waals surface area contributed by atoms with Crippen molar-refractivity contribution in [2.24, 2.45) is 0 Å². The van der Waals surface area contributed by atoms with Gasteiger partial charge in [0.15, 0.2) is 11.5 Å². The summed E-state index contributed by atoms with van der Waals surface area (Å²) in [6.45, 7) is 7.62. The third-order valence-corrected chi connectivity index (χ3v) is 7.46. The van der Waals surface area contributed by atoms with Crippen molar-refractivity contribution in [1.29, 1.82) is 0 Å². The molecule has 0 aliphatic carbocycles. The molecule has 2 aromatic rings. The molecule has 0 unspecified atom stereocenters. The first-order valence-corrected chi connectivity index (χ1v) is 12.9. The largest absolute Gasteiger partial charge is 0.463 e. The Bertz CT molecular complexity index is 970. The Morgan fingerprint density at radius 2 is 0.966 bits per heavy atom. The lowest BCUT2D eigenvalue weighted by atomic mass is 10.3. The maximum atomic E-state index is 13.2. The first kappa shape index (κ1) is 24.7. The zero-order valence-corrected chi connectivity index (χ0v) is 23.2. The fraction of sp³-hybridized carbons (Fsp3) is 0.200. The summed E-state index contributed by atoms with van der Waals surface area (Å²) in [5.41, 5.74) is 1.95. The van der Waals surface area contributed by atoms with E-state index < -0.39 is 9.84 Å². The molecule has 0 aromatic heterocycles. The van der Waals surface area contributed by atoms with Crippen molar-refractivity contribution in [3.63, 3.8) is 0 Å². The van der Waals surface area contributed by atoms with Crippen LogP contribution in [-0.4, -0.2) is 8.42 Å². The van der Waals surface area contributed by atoms with Gasteiger partial charge in [-0.3, -0.25) is 0 Å². The number of allylic oxidation sites excluding steroid dienone is 2. The molecule has 0 N–H and O–H groups in total. The molecule has 0 amide bonds. The lowest BCUT2D eigenvalue weighted by molar-refractivity contribution is 0.469. The normalized spacial score (nSPS) is 11.0. The Balaban J connectivity index is 2.51. The molecule has 0 spiro atoms. The number of ether oxygens (including phenoxy) is 2. The van der Waals surface area contributed by atoms with E-state index in [2.05, 4.69) is 63.7 Å². The molecule has 0 saturated heterocycles. The molecule has 0 aliphatic rings. The van der Waals surface area contributed by atoms with E-state index in [1.54, 1.807) is 12.5 Å². The molecular formula is C20H18Br4O4S. The monoisotopic (exact) mass is 670 g/mol. The van der Waals surface area contributed by atoms with Gasteiger partial charge >= 0.3 is 0 Å². The predicted molar refractivity (Wildman–Crippen MR) is 129 cm³/mol. The Morgan fingerprint density at radius 3 is 1.21 bits per heavy atom. The van der Waals surface area contributed by atoms with Gasteiger partial charge in [-0.25, -0.2) is 8.42 Å². The molecule has 0 fully saturated rings. The van der Waals surface area contributed by atoms with Crippen molar-refractivity contribution in [1.82, 2.24) is 0 Å². The van der Waals surface area contributed by atoms with Gasteiger partial charge in [-0.05, 0) is 127 Å². The summed E-state index contributed by atoms with van der Waals surface area (Å²) >= 11 is 13.6. The minimum Gasteiger partial charge on any atom is -0.463 e. The summed E-state index contributed by atoms with van der Waals surface area (Å²) < 4.78 is 39.7. The molecule has 0 bridgehead atoms. The number of hydrogen-bond acceptors (Lipinski definition) is 4. The summed E-state index contributed by atoms with van der Waals surface area (Å²) in [4.78, 5) is 0.245. The fourth-order valence-corrected chi connectivity index (χ4v) is 6.82. The highest BCUT2D eigenvalue weighted by Crippen LogP contribution is 2.41. The Hall–Kier alpha value is -0.610. The van der Waals surface area contributed by atoms with Gasteiger partial charge in [-0.2, -0.15) is 0 Å². The van der Waals surface area contributed by atoms with E-state index in [4.69, 9.17) is 9.47 Å². The van der Waals surface area contributed by atoms with Crippen LogP contribution >= 0.6 is 63.7 Å². The first-order chi connectivity index (χ1) is 13.4. The average molecular weight is 674 g/mol. The van der Waals surface area contributed by atoms with Crippen LogP contribution < -0.4 is 9.47 Å². The standard InChI is InChI=1S/C20H18Br4O4S/c1-11(2)9-27-19-15(21)5-13(6-16(19)22)29(25,26)14-7-17(23)20(18(24)8-14)28-10-12(3)4/h5-10H,1-4H3. The molecule has 0 heterocycles. The zero-order valence-electron chi connectivity index (χ0n) is 16.0. The maximum absolute atomic E-state index is 13.2. The molecule has 0 aliphatic heterocycles. The van der Waals surface area contributed by atoms with Gasteiger partial charge in [0.2, 0.25) is 9.84 Å². The maximum Gasteiger partial charge on any atom is 0.206 e. The van der Waals surface area contributed by atoms with E-state index in [1.807, 2.05) is 27.7 Å². The molecular weight excluding hydrogens is 656 g/mol. The molecule has 0 saturated carbocycles. The van der Waals surface area contributed by atoms with E-state index >= 15 is 0 Å². The summed E-state index contributed by atoms with van der Waals surface area (Å²) in [5, 5.41) is 0. The summed E-state index contributed by atoms with van der Waals surface area (Å²) in [6.07, 6.45) is 3.19. The second kappa shape index (κ2) is 10.1. The molecule has 29 heavy (non-hydrogen) atoms. The molecule has 4 nitrogen and oxygen atoms in total. The Kier molecular flexibility index (Phi) is 8.61. The smallest absolute Gasteiger partial charge is 0.206 e. The highest BCUT2D eigenvalue weighted by Gasteiger charge is 2.23. The summed E-state index contributed by atoms with van der Waals surface area (Å²) in [7, 11) is -3.79. The van der Waals surface area contributed by atoms with Crippen LogP contribution in [0.1, 0.15) is 27.7 Å². The lowest BCUT2D eigenvalue weighted by Crippen LogP contribution is -2.04. The SMILES string of the molecule is CC(C)=COc1c(Br)cc(S(=O)(=O)c2cc(Br)c(OC=C(C)C)c(Br)c2)cc1Br. The van der Waals surface area contributed by atoms with Crippen LogP contribution in [0.3, 0.4) is 0 Å². The highest BCUT2D eigenvalue weighted by molar-refractivity contribution is 9.11. The van der Waals surface area contributed by atoms with Crippen molar-refractivity contribution >= 4 is 73.6 Å². The molecule has 2 aromatic carbocycles. The van der Waals surface area contributed by atoms with Gasteiger partial charge < -0.3 is 9.47 Å². The molecule has 156 valence electrons. The molecule has 0 radical (unpaired) electrons. The Labute approximate surface area is 204 Å². The zero-order chi connectivity index (χ0) is 21.9. The molecule has 0 atom stereocenters. The molecule has 9 heteroatoms. The molecule has 2 rings (SSSR count). The van der Waals surface area contributed by atoms with E-state index in [0.29, 0.717) is 29.4 Å². The van der Waals surface area contributed by atoms with Crippen LogP contribution in [0, 0.1) is 0 Å². The van der Waals surface area contributed by atoms with Crippen LogP contribution in [0.4, 0.5) is 0 Å². The van der Waals surface area contributed by atoms with Crippen LogP contribution in [-0.2, 0) is 9.84 Å². The predicted octanol–water partition coefficient (Wildman–Crippen LogP) is 8.17. The van der Waals surface area contributed by atoms with Crippen LogP contribution in [0.25, 0.3) is 0 Å². The van der Waals surface area contributed by atoms with Gasteiger partial charge in [-0.15, -0.1) is 0 Å². The van der Waals surface area contributed by atoms with E-state index in [0.717, 1.165) is 11.1 Å². The Morgan fingerprint density at radius 1 is 0.690 bits per heavy atom.